The van der Waals surface area contributed by atoms with Crippen LogP contribution in [0.5, 0.6) is 5.75 Å². The first-order valence-electron chi connectivity index (χ1n) is 6.24. The fourth-order valence-corrected chi connectivity index (χ4v) is 1.70. The molecular weight excluding hydrogens is 212 g/mol. The molecule has 2 nitrogen and oxygen atoms in total. The number of benzene rings is 1. The van der Waals surface area contributed by atoms with E-state index in [4.69, 9.17) is 4.74 Å². The minimum atomic E-state index is 0.0322. The quantitative estimate of drug-likeness (QED) is 0.737. The summed E-state index contributed by atoms with van der Waals surface area (Å²) in [7, 11) is 0. The molecule has 0 radical (unpaired) electrons. The summed E-state index contributed by atoms with van der Waals surface area (Å²) >= 11 is 0. The van der Waals surface area contributed by atoms with Gasteiger partial charge in [0.25, 0.3) is 0 Å². The predicted octanol–water partition coefficient (Wildman–Crippen LogP) is 3.85. The molecule has 1 saturated carbocycles. The third kappa shape index (κ3) is 3.88. The molecule has 0 saturated heterocycles. The molecule has 0 N–H and O–H groups in total. The Bertz CT molecular complexity index is 411. The zero-order chi connectivity index (χ0) is 12.5. The van der Waals surface area contributed by atoms with Gasteiger partial charge in [0.05, 0.1) is 6.10 Å². The van der Waals surface area contributed by atoms with E-state index in [-0.39, 0.29) is 11.2 Å². The maximum absolute atomic E-state index is 12.1. The Kier molecular flexibility index (Phi) is 3.23. The van der Waals surface area contributed by atoms with Crippen molar-refractivity contribution in [3.8, 4) is 5.75 Å². The average molecular weight is 232 g/mol. The van der Waals surface area contributed by atoms with Gasteiger partial charge < -0.3 is 4.74 Å². The monoisotopic (exact) mass is 232 g/mol. The van der Waals surface area contributed by atoms with Gasteiger partial charge in [-0.2, -0.15) is 0 Å². The highest BCUT2D eigenvalue weighted by Gasteiger charge is 2.24. The second-order valence-corrected chi connectivity index (χ2v) is 6.01. The molecule has 92 valence electrons. The number of ether oxygens (including phenoxy) is 1. The molecule has 2 rings (SSSR count). The zero-order valence-electron chi connectivity index (χ0n) is 10.8. The Morgan fingerprint density at radius 1 is 1.35 bits per heavy atom. The fourth-order valence-electron chi connectivity index (χ4n) is 1.70. The van der Waals surface area contributed by atoms with Crippen molar-refractivity contribution in [1.82, 2.24) is 0 Å². The number of rotatable bonds is 4. The number of carbonyl (C=O) groups excluding carboxylic acids is 1. The van der Waals surface area contributed by atoms with Crippen molar-refractivity contribution in [2.45, 2.75) is 46.1 Å². The van der Waals surface area contributed by atoms with Crippen LogP contribution >= 0.6 is 0 Å². The van der Waals surface area contributed by atoms with E-state index < -0.39 is 0 Å². The smallest absolute Gasteiger partial charge is 0.163 e. The summed E-state index contributed by atoms with van der Waals surface area (Å²) in [6.07, 6.45) is 3.23. The maximum atomic E-state index is 12.1. The Hall–Kier alpha value is -1.31. The summed E-state index contributed by atoms with van der Waals surface area (Å²) in [5.41, 5.74) is 0.794. The third-order valence-corrected chi connectivity index (χ3v) is 2.67. The van der Waals surface area contributed by atoms with Gasteiger partial charge in [0.2, 0.25) is 0 Å². The van der Waals surface area contributed by atoms with Crippen molar-refractivity contribution < 1.29 is 9.53 Å². The lowest BCUT2D eigenvalue weighted by Gasteiger charge is -2.17. The van der Waals surface area contributed by atoms with Crippen molar-refractivity contribution in [3.05, 3.63) is 29.8 Å². The van der Waals surface area contributed by atoms with E-state index in [0.29, 0.717) is 12.5 Å². The number of hydrogen-bond acceptors (Lipinski definition) is 2. The molecule has 2 heteroatoms. The molecule has 1 aliphatic rings. The normalized spacial score (nSPS) is 15.7. The molecule has 17 heavy (non-hydrogen) atoms. The van der Waals surface area contributed by atoms with E-state index in [1.165, 1.54) is 0 Å². The summed E-state index contributed by atoms with van der Waals surface area (Å²) in [5.74, 6) is 1.02. The summed E-state index contributed by atoms with van der Waals surface area (Å²) in [6, 6.07) is 7.56. The van der Waals surface area contributed by atoms with Crippen molar-refractivity contribution in [2.75, 3.05) is 0 Å². The summed E-state index contributed by atoms with van der Waals surface area (Å²) < 4.78 is 5.69. The zero-order valence-corrected chi connectivity index (χ0v) is 10.8. The summed E-state index contributed by atoms with van der Waals surface area (Å²) in [6.45, 7) is 6.24. The van der Waals surface area contributed by atoms with Gasteiger partial charge in [-0.05, 0) is 30.4 Å². The molecule has 0 unspecified atom stereocenters. The second-order valence-electron chi connectivity index (χ2n) is 6.01. The van der Waals surface area contributed by atoms with E-state index in [0.717, 1.165) is 24.2 Å². The molecule has 1 aromatic carbocycles. The first-order chi connectivity index (χ1) is 7.94. The van der Waals surface area contributed by atoms with Crippen LogP contribution in [0.2, 0.25) is 0 Å². The Morgan fingerprint density at radius 3 is 2.65 bits per heavy atom. The standard InChI is InChI=1S/C15H20O2/c1-15(2,3)10-14(16)11-5-4-6-13(9-11)17-12-7-8-12/h4-6,9,12H,7-8,10H2,1-3H3. The van der Waals surface area contributed by atoms with Crippen molar-refractivity contribution in [3.63, 3.8) is 0 Å². The van der Waals surface area contributed by atoms with Crippen LogP contribution in [0.1, 0.15) is 50.4 Å². The Labute approximate surface area is 103 Å². The van der Waals surface area contributed by atoms with Crippen LogP contribution in [-0.4, -0.2) is 11.9 Å². The van der Waals surface area contributed by atoms with Gasteiger partial charge in [-0.1, -0.05) is 32.9 Å². The van der Waals surface area contributed by atoms with E-state index in [1.807, 2.05) is 24.3 Å². The second kappa shape index (κ2) is 4.52. The molecule has 1 fully saturated rings. The maximum Gasteiger partial charge on any atom is 0.163 e. The molecule has 0 amide bonds. The summed E-state index contributed by atoms with van der Waals surface area (Å²) in [4.78, 5) is 12.1. The van der Waals surface area contributed by atoms with Gasteiger partial charge >= 0.3 is 0 Å². The molecule has 0 atom stereocenters. The van der Waals surface area contributed by atoms with Crippen molar-refractivity contribution >= 4 is 5.78 Å². The molecule has 1 aromatic rings. The first kappa shape index (κ1) is 12.2. The largest absolute Gasteiger partial charge is 0.490 e. The van der Waals surface area contributed by atoms with E-state index in [1.54, 1.807) is 0 Å². The van der Waals surface area contributed by atoms with Gasteiger partial charge in [-0.3, -0.25) is 4.79 Å². The highest BCUT2D eigenvalue weighted by Crippen LogP contribution is 2.28. The number of hydrogen-bond donors (Lipinski definition) is 0. The van der Waals surface area contributed by atoms with Crippen LogP contribution in [0.3, 0.4) is 0 Å². The van der Waals surface area contributed by atoms with Crippen molar-refractivity contribution in [2.24, 2.45) is 5.41 Å². The molecule has 0 bridgehead atoms. The van der Waals surface area contributed by atoms with Gasteiger partial charge in [0, 0.05) is 12.0 Å². The lowest BCUT2D eigenvalue weighted by atomic mass is 9.88. The number of ketones is 1. The van der Waals surface area contributed by atoms with Crippen LogP contribution in [0.25, 0.3) is 0 Å². The van der Waals surface area contributed by atoms with E-state index >= 15 is 0 Å². The fraction of sp³-hybridized carbons (Fsp3) is 0.533. The van der Waals surface area contributed by atoms with Crippen LogP contribution in [0.4, 0.5) is 0 Å². The van der Waals surface area contributed by atoms with Gasteiger partial charge in [-0.25, -0.2) is 0 Å². The molecule has 0 aliphatic heterocycles. The first-order valence-corrected chi connectivity index (χ1v) is 6.24. The highest BCUT2D eigenvalue weighted by molar-refractivity contribution is 5.96. The van der Waals surface area contributed by atoms with Crippen LogP contribution in [0, 0.1) is 5.41 Å². The van der Waals surface area contributed by atoms with Gasteiger partial charge in [-0.15, -0.1) is 0 Å². The molecule has 1 aliphatic carbocycles. The Balaban J connectivity index is 2.06. The lowest BCUT2D eigenvalue weighted by molar-refractivity contribution is 0.0939. The lowest BCUT2D eigenvalue weighted by Crippen LogP contribution is -2.13. The third-order valence-electron chi connectivity index (χ3n) is 2.67. The highest BCUT2D eigenvalue weighted by atomic mass is 16.5. The average Bonchev–Trinajstić information content (AvgIpc) is 2.99. The van der Waals surface area contributed by atoms with Crippen molar-refractivity contribution in [1.29, 1.82) is 0 Å². The van der Waals surface area contributed by atoms with Crippen LogP contribution in [-0.2, 0) is 0 Å². The minimum Gasteiger partial charge on any atom is -0.490 e. The molecular formula is C15H20O2. The van der Waals surface area contributed by atoms with Gasteiger partial charge in [0.15, 0.2) is 5.78 Å². The van der Waals surface area contributed by atoms with Crippen LogP contribution < -0.4 is 4.74 Å². The number of carbonyl (C=O) groups is 1. The molecule has 0 aromatic heterocycles. The number of Topliss-reactive ketones (excluding diaryl/α,β-unsaturated/α-hetero) is 1. The Morgan fingerprint density at radius 2 is 2.06 bits per heavy atom. The molecule has 0 spiro atoms. The van der Waals surface area contributed by atoms with Crippen LogP contribution in [0.15, 0.2) is 24.3 Å². The summed E-state index contributed by atoms with van der Waals surface area (Å²) in [5, 5.41) is 0. The predicted molar refractivity (Wildman–Crippen MR) is 68.5 cm³/mol. The molecule has 0 heterocycles. The van der Waals surface area contributed by atoms with E-state index in [9.17, 15) is 4.79 Å². The van der Waals surface area contributed by atoms with Gasteiger partial charge in [0.1, 0.15) is 5.75 Å². The minimum absolute atomic E-state index is 0.0322. The SMILES string of the molecule is CC(C)(C)CC(=O)c1cccc(OC2CC2)c1. The van der Waals surface area contributed by atoms with E-state index in [2.05, 4.69) is 20.8 Å². The topological polar surface area (TPSA) is 26.3 Å².